The number of ether oxygens (including phenoxy) is 2. The SMILES string of the molecule is CCNC(=NCc1ccccc1CN(C)C)NCCOc1ccc(OC)cc1. The average Bonchev–Trinajstić information content (AvgIpc) is 2.70. The molecular weight excluding hydrogens is 352 g/mol. The first kappa shape index (κ1) is 21.6. The van der Waals surface area contributed by atoms with Crippen LogP contribution in [-0.4, -0.2) is 51.8 Å². The Morgan fingerprint density at radius 2 is 1.64 bits per heavy atom. The molecule has 0 fully saturated rings. The molecule has 2 N–H and O–H groups in total. The molecule has 0 aliphatic heterocycles. The maximum atomic E-state index is 5.75. The summed E-state index contributed by atoms with van der Waals surface area (Å²) in [6.07, 6.45) is 0. The molecule has 0 unspecified atom stereocenters. The van der Waals surface area contributed by atoms with Gasteiger partial charge >= 0.3 is 0 Å². The Bertz CT molecular complexity index is 730. The van der Waals surface area contributed by atoms with Crippen LogP contribution in [0.4, 0.5) is 0 Å². The monoisotopic (exact) mass is 384 g/mol. The van der Waals surface area contributed by atoms with Crippen LogP contribution in [0.25, 0.3) is 0 Å². The van der Waals surface area contributed by atoms with Crippen LogP contribution in [0.5, 0.6) is 11.5 Å². The Kier molecular flexibility index (Phi) is 9.15. The smallest absolute Gasteiger partial charge is 0.191 e. The second kappa shape index (κ2) is 11.9. The first-order valence-corrected chi connectivity index (χ1v) is 9.63. The molecule has 0 saturated heterocycles. The summed E-state index contributed by atoms with van der Waals surface area (Å²) < 4.78 is 10.9. The van der Waals surface area contributed by atoms with Gasteiger partial charge in [0.05, 0.1) is 20.2 Å². The number of hydrogen-bond donors (Lipinski definition) is 2. The molecule has 0 radical (unpaired) electrons. The number of nitrogens with zero attached hydrogens (tertiary/aromatic N) is 2. The topological polar surface area (TPSA) is 58.1 Å². The van der Waals surface area contributed by atoms with Gasteiger partial charge in [0.1, 0.15) is 18.1 Å². The van der Waals surface area contributed by atoms with Gasteiger partial charge in [-0.1, -0.05) is 24.3 Å². The predicted octanol–water partition coefficient (Wildman–Crippen LogP) is 2.89. The lowest BCUT2D eigenvalue weighted by Crippen LogP contribution is -2.39. The number of benzene rings is 2. The number of methoxy groups -OCH3 is 1. The van der Waals surface area contributed by atoms with Crippen LogP contribution in [0.3, 0.4) is 0 Å². The Labute approximate surface area is 168 Å². The van der Waals surface area contributed by atoms with Gasteiger partial charge in [-0.25, -0.2) is 4.99 Å². The Morgan fingerprint density at radius 1 is 0.964 bits per heavy atom. The second-order valence-electron chi connectivity index (χ2n) is 6.65. The van der Waals surface area contributed by atoms with Crippen molar-refractivity contribution in [2.75, 3.05) is 40.9 Å². The normalized spacial score (nSPS) is 11.4. The second-order valence-corrected chi connectivity index (χ2v) is 6.65. The minimum absolute atomic E-state index is 0.550. The summed E-state index contributed by atoms with van der Waals surface area (Å²) in [7, 11) is 5.81. The fraction of sp³-hybridized carbons (Fsp3) is 0.409. The summed E-state index contributed by atoms with van der Waals surface area (Å²) in [5, 5.41) is 6.61. The van der Waals surface area contributed by atoms with Crippen LogP contribution in [0.15, 0.2) is 53.5 Å². The summed E-state index contributed by atoms with van der Waals surface area (Å²) >= 11 is 0. The van der Waals surface area contributed by atoms with E-state index in [2.05, 4.69) is 60.8 Å². The third-order valence-electron chi connectivity index (χ3n) is 4.08. The Hall–Kier alpha value is -2.73. The van der Waals surface area contributed by atoms with E-state index < -0.39 is 0 Å². The molecular formula is C22H32N4O2. The summed E-state index contributed by atoms with van der Waals surface area (Å²) in [6, 6.07) is 16.0. The predicted molar refractivity (Wildman–Crippen MR) is 115 cm³/mol. The molecule has 0 aliphatic carbocycles. The van der Waals surface area contributed by atoms with Gasteiger partial charge in [0.15, 0.2) is 5.96 Å². The summed E-state index contributed by atoms with van der Waals surface area (Å²) in [4.78, 5) is 6.89. The van der Waals surface area contributed by atoms with E-state index in [-0.39, 0.29) is 0 Å². The summed E-state index contributed by atoms with van der Waals surface area (Å²) in [5.74, 6) is 2.43. The van der Waals surface area contributed by atoms with E-state index in [0.717, 1.165) is 30.5 Å². The average molecular weight is 385 g/mol. The van der Waals surface area contributed by atoms with Gasteiger partial charge in [0.25, 0.3) is 0 Å². The quantitative estimate of drug-likeness (QED) is 0.375. The fourth-order valence-electron chi connectivity index (χ4n) is 2.72. The molecule has 0 amide bonds. The van der Waals surface area contributed by atoms with Crippen LogP contribution >= 0.6 is 0 Å². The van der Waals surface area contributed by atoms with Crippen LogP contribution in [0.1, 0.15) is 18.1 Å². The summed E-state index contributed by atoms with van der Waals surface area (Å²) in [5.41, 5.74) is 2.54. The van der Waals surface area contributed by atoms with Gasteiger partial charge in [-0.2, -0.15) is 0 Å². The number of hydrogen-bond acceptors (Lipinski definition) is 4. The fourth-order valence-corrected chi connectivity index (χ4v) is 2.72. The highest BCUT2D eigenvalue weighted by molar-refractivity contribution is 5.79. The number of guanidine groups is 1. The van der Waals surface area contributed by atoms with Gasteiger partial charge in [0.2, 0.25) is 0 Å². The minimum Gasteiger partial charge on any atom is -0.497 e. The van der Waals surface area contributed by atoms with Crippen molar-refractivity contribution >= 4 is 5.96 Å². The zero-order chi connectivity index (χ0) is 20.2. The highest BCUT2D eigenvalue weighted by Crippen LogP contribution is 2.16. The van der Waals surface area contributed by atoms with Crippen molar-refractivity contribution in [1.82, 2.24) is 15.5 Å². The molecule has 0 aromatic heterocycles. The zero-order valence-electron chi connectivity index (χ0n) is 17.4. The molecule has 2 aromatic rings. The standard InChI is InChI=1S/C22H32N4O2/c1-5-23-22(24-14-15-28-21-12-10-20(27-4)11-13-21)25-16-18-8-6-7-9-19(18)17-26(2)3/h6-13H,5,14-17H2,1-4H3,(H2,23,24,25). The third kappa shape index (κ3) is 7.48. The number of rotatable bonds is 10. The first-order valence-electron chi connectivity index (χ1n) is 9.63. The van der Waals surface area contributed by atoms with E-state index in [1.165, 1.54) is 11.1 Å². The maximum Gasteiger partial charge on any atom is 0.191 e. The largest absolute Gasteiger partial charge is 0.497 e. The van der Waals surface area contributed by atoms with Crippen LogP contribution in [-0.2, 0) is 13.1 Å². The van der Waals surface area contributed by atoms with E-state index in [4.69, 9.17) is 14.5 Å². The van der Waals surface area contributed by atoms with Crippen molar-refractivity contribution < 1.29 is 9.47 Å². The molecule has 0 aliphatic rings. The number of aliphatic imine (C=N–C) groups is 1. The maximum absolute atomic E-state index is 5.75. The molecule has 0 saturated carbocycles. The molecule has 0 spiro atoms. The van der Waals surface area contributed by atoms with Crippen LogP contribution in [0.2, 0.25) is 0 Å². The van der Waals surface area contributed by atoms with Crippen molar-refractivity contribution in [2.45, 2.75) is 20.0 Å². The molecule has 6 nitrogen and oxygen atoms in total. The molecule has 28 heavy (non-hydrogen) atoms. The van der Waals surface area contributed by atoms with E-state index in [0.29, 0.717) is 19.7 Å². The van der Waals surface area contributed by atoms with Gasteiger partial charge in [0, 0.05) is 13.1 Å². The Balaban J connectivity index is 1.86. The van der Waals surface area contributed by atoms with Crippen molar-refractivity contribution in [1.29, 1.82) is 0 Å². The lowest BCUT2D eigenvalue weighted by atomic mass is 10.1. The molecule has 152 valence electrons. The third-order valence-corrected chi connectivity index (χ3v) is 4.08. The highest BCUT2D eigenvalue weighted by Gasteiger charge is 2.04. The molecule has 2 aromatic carbocycles. The highest BCUT2D eigenvalue weighted by atomic mass is 16.5. The van der Waals surface area contributed by atoms with Gasteiger partial charge in [-0.3, -0.25) is 0 Å². The van der Waals surface area contributed by atoms with Gasteiger partial charge in [-0.15, -0.1) is 0 Å². The first-order chi connectivity index (χ1) is 13.6. The van der Waals surface area contributed by atoms with E-state index in [9.17, 15) is 0 Å². The van der Waals surface area contributed by atoms with E-state index >= 15 is 0 Å². The van der Waals surface area contributed by atoms with Gasteiger partial charge in [-0.05, 0) is 56.4 Å². The zero-order valence-corrected chi connectivity index (χ0v) is 17.4. The molecule has 2 rings (SSSR count). The summed E-state index contributed by atoms with van der Waals surface area (Å²) in [6.45, 7) is 5.63. The molecule has 0 atom stereocenters. The minimum atomic E-state index is 0.550. The van der Waals surface area contributed by atoms with Gasteiger partial charge < -0.3 is 25.0 Å². The van der Waals surface area contributed by atoms with Crippen LogP contribution in [0, 0.1) is 0 Å². The Morgan fingerprint density at radius 3 is 2.29 bits per heavy atom. The van der Waals surface area contributed by atoms with Crippen molar-refractivity contribution in [3.05, 3.63) is 59.7 Å². The van der Waals surface area contributed by atoms with Crippen LogP contribution < -0.4 is 20.1 Å². The molecule has 0 bridgehead atoms. The lowest BCUT2D eigenvalue weighted by molar-refractivity contribution is 0.321. The van der Waals surface area contributed by atoms with Crippen molar-refractivity contribution in [3.63, 3.8) is 0 Å². The van der Waals surface area contributed by atoms with E-state index in [1.807, 2.05) is 24.3 Å². The molecule has 6 heteroatoms. The van der Waals surface area contributed by atoms with Crippen molar-refractivity contribution in [2.24, 2.45) is 4.99 Å². The van der Waals surface area contributed by atoms with E-state index in [1.54, 1.807) is 7.11 Å². The number of nitrogens with one attached hydrogen (secondary N) is 2. The molecule has 0 heterocycles. The lowest BCUT2D eigenvalue weighted by Gasteiger charge is -2.15. The van der Waals surface area contributed by atoms with Crippen molar-refractivity contribution in [3.8, 4) is 11.5 Å².